The van der Waals surface area contributed by atoms with Crippen LogP contribution < -0.4 is 0 Å². The van der Waals surface area contributed by atoms with Crippen LogP contribution in [-0.2, 0) is 0 Å². The minimum atomic E-state index is 0.698. The van der Waals surface area contributed by atoms with Crippen molar-refractivity contribution in [3.63, 3.8) is 0 Å². The van der Waals surface area contributed by atoms with Crippen LogP contribution in [0.1, 0.15) is 6.42 Å². The largest absolute Gasteiger partial charge is 0.297 e. The van der Waals surface area contributed by atoms with Crippen molar-refractivity contribution in [3.8, 4) is 0 Å². The highest BCUT2D eigenvalue weighted by Gasteiger charge is 2.44. The fourth-order valence-corrected chi connectivity index (χ4v) is 2.48. The molecule has 0 aromatic carbocycles. The molecule has 0 saturated heterocycles. The van der Waals surface area contributed by atoms with Gasteiger partial charge in [-0.25, -0.2) is 0 Å². The molecule has 62 valence electrons. The molecular weight excluding hydrogens is 146 g/mol. The molecule has 1 nitrogen and oxygen atoms in total. The van der Waals surface area contributed by atoms with Crippen molar-refractivity contribution in [2.24, 2.45) is 28.7 Å². The average Bonchev–Trinajstić information content (AvgIpc) is 2.82. The third-order valence-electron chi connectivity index (χ3n) is 3.30. The zero-order valence-corrected chi connectivity index (χ0v) is 7.06. The Morgan fingerprint density at radius 2 is 2.00 bits per heavy atom. The Labute approximate surface area is 72.9 Å². The van der Waals surface area contributed by atoms with Crippen LogP contribution >= 0.6 is 0 Å². The summed E-state index contributed by atoms with van der Waals surface area (Å²) >= 11 is 0. The van der Waals surface area contributed by atoms with Gasteiger partial charge >= 0.3 is 0 Å². The smallest absolute Gasteiger partial charge is 0.0454 e. The van der Waals surface area contributed by atoms with E-state index in [2.05, 4.69) is 35.5 Å². The Balaban J connectivity index is 1.92. The van der Waals surface area contributed by atoms with E-state index in [1.165, 1.54) is 6.42 Å². The monoisotopic (exact) mass is 159 g/mol. The Morgan fingerprint density at radius 3 is 3.00 bits per heavy atom. The summed E-state index contributed by atoms with van der Waals surface area (Å²) in [5.74, 6) is 3.23. The molecule has 12 heavy (non-hydrogen) atoms. The molecule has 1 fully saturated rings. The van der Waals surface area contributed by atoms with Crippen LogP contribution in [0, 0.1) is 23.7 Å². The lowest BCUT2D eigenvalue weighted by molar-refractivity contribution is 0.431. The van der Waals surface area contributed by atoms with Gasteiger partial charge in [-0.2, -0.15) is 0 Å². The van der Waals surface area contributed by atoms with E-state index < -0.39 is 0 Å². The first-order valence-electron chi connectivity index (χ1n) is 4.80. The van der Waals surface area contributed by atoms with Gasteiger partial charge in [0.1, 0.15) is 0 Å². The Bertz CT molecular complexity index is 275. The first kappa shape index (κ1) is 6.64. The molecule has 3 rings (SSSR count). The topological polar surface area (TPSA) is 12.4 Å². The van der Waals surface area contributed by atoms with Crippen molar-refractivity contribution < 1.29 is 0 Å². The van der Waals surface area contributed by atoms with Crippen LogP contribution in [0.15, 0.2) is 29.3 Å². The molecule has 1 heteroatoms. The molecule has 2 aliphatic carbocycles. The van der Waals surface area contributed by atoms with Crippen molar-refractivity contribution >= 4 is 6.21 Å². The van der Waals surface area contributed by atoms with Gasteiger partial charge in [0.25, 0.3) is 0 Å². The van der Waals surface area contributed by atoms with Crippen molar-refractivity contribution in [2.75, 3.05) is 6.54 Å². The molecule has 3 aliphatic rings. The zero-order valence-electron chi connectivity index (χ0n) is 7.06. The molecule has 1 saturated carbocycles. The summed E-state index contributed by atoms with van der Waals surface area (Å²) in [5, 5.41) is 0. The molecule has 0 aromatic heterocycles. The number of allylic oxidation sites excluding steroid dienone is 3. The van der Waals surface area contributed by atoms with Gasteiger partial charge in [-0.3, -0.25) is 4.99 Å². The van der Waals surface area contributed by atoms with Crippen LogP contribution in [0.5, 0.6) is 0 Å². The lowest BCUT2D eigenvalue weighted by Gasteiger charge is -2.21. The highest BCUT2D eigenvalue weighted by atomic mass is 14.8. The first-order valence-corrected chi connectivity index (χ1v) is 4.80. The summed E-state index contributed by atoms with van der Waals surface area (Å²) in [7, 11) is 0. The third-order valence-corrected chi connectivity index (χ3v) is 3.30. The molecule has 4 unspecified atom stereocenters. The van der Waals surface area contributed by atoms with Crippen molar-refractivity contribution in [1.82, 2.24) is 0 Å². The molecule has 1 aliphatic heterocycles. The van der Waals surface area contributed by atoms with Crippen LogP contribution in [0.2, 0.25) is 0 Å². The van der Waals surface area contributed by atoms with E-state index in [1.54, 1.807) is 0 Å². The van der Waals surface area contributed by atoms with E-state index in [1.807, 2.05) is 0 Å². The van der Waals surface area contributed by atoms with Crippen LogP contribution in [0.4, 0.5) is 0 Å². The van der Waals surface area contributed by atoms with E-state index in [-0.39, 0.29) is 0 Å². The molecule has 0 bridgehead atoms. The van der Waals surface area contributed by atoms with Gasteiger partial charge in [-0.15, -0.1) is 0 Å². The molecule has 0 amide bonds. The number of hydrogen-bond donors (Lipinski definition) is 0. The summed E-state index contributed by atoms with van der Waals surface area (Å²) in [4.78, 5) is 4.47. The van der Waals surface area contributed by atoms with Gasteiger partial charge in [-0.1, -0.05) is 24.3 Å². The average molecular weight is 159 g/mol. The Kier molecular flexibility index (Phi) is 1.28. The maximum atomic E-state index is 4.47. The van der Waals surface area contributed by atoms with E-state index >= 15 is 0 Å². The highest BCUT2D eigenvalue weighted by Crippen LogP contribution is 2.49. The maximum absolute atomic E-state index is 4.47. The van der Waals surface area contributed by atoms with Crippen molar-refractivity contribution in [3.05, 3.63) is 24.3 Å². The summed E-state index contributed by atoms with van der Waals surface area (Å²) < 4.78 is 0. The van der Waals surface area contributed by atoms with Gasteiger partial charge < -0.3 is 0 Å². The van der Waals surface area contributed by atoms with Crippen LogP contribution in [-0.4, -0.2) is 12.8 Å². The van der Waals surface area contributed by atoms with Crippen LogP contribution in [0.3, 0.4) is 0 Å². The van der Waals surface area contributed by atoms with E-state index in [0.717, 1.165) is 24.3 Å². The predicted molar refractivity (Wildman–Crippen MR) is 50.2 cm³/mol. The third kappa shape index (κ3) is 0.889. The molecule has 0 radical (unpaired) electrons. The van der Waals surface area contributed by atoms with Gasteiger partial charge in [0.2, 0.25) is 0 Å². The zero-order chi connectivity index (χ0) is 7.97. The molecule has 0 N–H and O–H groups in total. The van der Waals surface area contributed by atoms with Gasteiger partial charge in [-0.05, 0) is 24.2 Å². The summed E-state index contributed by atoms with van der Waals surface area (Å²) in [6.45, 7) is 1.01. The fourth-order valence-electron chi connectivity index (χ4n) is 2.48. The lowest BCUT2D eigenvalue weighted by atomic mass is 9.84. The molecule has 1 heterocycles. The predicted octanol–water partition coefficient (Wildman–Crippen LogP) is 2.07. The minimum absolute atomic E-state index is 0.698. The number of rotatable bonds is 0. The summed E-state index contributed by atoms with van der Waals surface area (Å²) in [6.07, 6.45) is 12.6. The first-order chi connectivity index (χ1) is 5.95. The number of nitrogens with zero attached hydrogens (tertiary/aromatic N) is 1. The number of hydrogen-bond acceptors (Lipinski definition) is 1. The Hall–Kier alpha value is -0.850. The van der Waals surface area contributed by atoms with Gasteiger partial charge in [0.15, 0.2) is 0 Å². The summed E-state index contributed by atoms with van der Waals surface area (Å²) in [5.41, 5.74) is 0. The van der Waals surface area contributed by atoms with Gasteiger partial charge in [0.05, 0.1) is 0 Å². The SMILES string of the molecule is C1=CC2CN=CC3CC3C2C=C1. The van der Waals surface area contributed by atoms with Crippen molar-refractivity contribution in [1.29, 1.82) is 0 Å². The number of fused-ring (bicyclic) bond motifs is 3. The van der Waals surface area contributed by atoms with Crippen molar-refractivity contribution in [2.45, 2.75) is 6.42 Å². The summed E-state index contributed by atoms with van der Waals surface area (Å²) in [6, 6.07) is 0. The highest BCUT2D eigenvalue weighted by molar-refractivity contribution is 5.65. The van der Waals surface area contributed by atoms with Gasteiger partial charge in [0, 0.05) is 18.7 Å². The second-order valence-electron chi connectivity index (χ2n) is 4.09. The quantitative estimate of drug-likeness (QED) is 0.513. The van der Waals surface area contributed by atoms with Crippen LogP contribution in [0.25, 0.3) is 0 Å². The number of aliphatic imine (C=N–C) groups is 1. The fraction of sp³-hybridized carbons (Fsp3) is 0.545. The normalized spacial score (nSPS) is 48.0. The van der Waals surface area contributed by atoms with E-state index in [9.17, 15) is 0 Å². The standard InChI is InChI=1S/C11H13N/c1-2-4-10-8(3-1)6-12-7-9-5-11(9)10/h1-4,7-11H,5-6H2. The lowest BCUT2D eigenvalue weighted by Crippen LogP contribution is -2.16. The maximum Gasteiger partial charge on any atom is 0.0454 e. The van der Waals surface area contributed by atoms with E-state index in [0.29, 0.717) is 5.92 Å². The Morgan fingerprint density at radius 1 is 1.08 bits per heavy atom. The minimum Gasteiger partial charge on any atom is -0.297 e. The molecule has 0 aromatic rings. The van der Waals surface area contributed by atoms with E-state index in [4.69, 9.17) is 0 Å². The second-order valence-corrected chi connectivity index (χ2v) is 4.09. The molecular formula is C11H13N. The second kappa shape index (κ2) is 2.32. The molecule has 4 atom stereocenters. The molecule has 0 spiro atoms.